The van der Waals surface area contributed by atoms with E-state index in [9.17, 15) is 9.59 Å². The van der Waals surface area contributed by atoms with Gasteiger partial charge in [0.1, 0.15) is 5.57 Å². The number of halogens is 2. The molecule has 1 aromatic heterocycles. The maximum atomic E-state index is 18.6. The van der Waals surface area contributed by atoms with Crippen molar-refractivity contribution in [3.63, 3.8) is 0 Å². The highest BCUT2D eigenvalue weighted by molar-refractivity contribution is 8.04. The molecular weight excluding hydrogens is 846 g/mol. The van der Waals surface area contributed by atoms with Crippen molar-refractivity contribution in [1.29, 1.82) is 0 Å². The Morgan fingerprint density at radius 3 is 1.75 bits per heavy atom. The SMILES string of the molecule is CCOC(=O)C1=C(c2ccccc2)C2=Cc3c(-c4ccccc4)c(C(=O)OCC)c(/C=C/C=C4\Sc5ccccc5N4CC)n3[B-](F)(F)[N+]2=C1/C=C/C=C1\Sc2ccccc2N1CC. The van der Waals surface area contributed by atoms with Gasteiger partial charge in [-0.15, -0.1) is 0 Å². The second-order valence-corrected chi connectivity index (χ2v) is 17.2. The Hall–Kier alpha value is -6.57. The van der Waals surface area contributed by atoms with Gasteiger partial charge >= 0.3 is 18.9 Å². The summed E-state index contributed by atoms with van der Waals surface area (Å²) in [6.07, 6.45) is 12.0. The number of hydrogen-bond donors (Lipinski definition) is 0. The Balaban J connectivity index is 1.30. The number of nitrogens with zero attached hydrogens (tertiary/aromatic N) is 4. The Kier molecular flexibility index (Phi) is 11.9. The molecule has 0 fully saturated rings. The number of rotatable bonds is 12. The molecule has 5 heterocycles. The lowest BCUT2D eigenvalue weighted by molar-refractivity contribution is -0.358. The quantitative estimate of drug-likeness (QED) is 0.0906. The van der Waals surface area contributed by atoms with Crippen LogP contribution in [-0.4, -0.2) is 59.9 Å². The van der Waals surface area contributed by atoms with Crippen LogP contribution in [0.1, 0.15) is 55.0 Å². The lowest BCUT2D eigenvalue weighted by atomic mass is 9.87. The standard InChI is InChI=1S/C51H45BF2N4O4S2/c1-5-55-36-25-15-17-29-42(36)63-44(55)31-19-27-38-48(50(59)61-7-3)46(34-21-11-9-12-22-34)40-33-41-47(35-23-13-10-14-24-35)49(51(60)62-8-4)39(58(41)52(53,54)57(38)40)28-20-32-45-56(6-2)37-26-16-18-30-43(37)64-45/h9-33H,5-8H2,1-4H3/b27-19+,28-20+,44-31-,45-32-. The van der Waals surface area contributed by atoms with E-state index in [2.05, 4.69) is 47.9 Å². The smallest absolute Gasteiger partial charge is 0.462 e. The first-order valence-corrected chi connectivity index (χ1v) is 23.1. The van der Waals surface area contributed by atoms with Crippen molar-refractivity contribution in [2.24, 2.45) is 0 Å². The fourth-order valence-electron chi connectivity index (χ4n) is 8.84. The molecule has 8 nitrogen and oxygen atoms in total. The summed E-state index contributed by atoms with van der Waals surface area (Å²) in [7, 11) is 0. The summed E-state index contributed by atoms with van der Waals surface area (Å²) in [5.74, 6) is -1.45. The second-order valence-electron chi connectivity index (χ2n) is 15.0. The zero-order chi connectivity index (χ0) is 44.5. The van der Waals surface area contributed by atoms with Crippen LogP contribution in [0, 0.1) is 0 Å². The number of hydrogen-bond acceptors (Lipinski definition) is 8. The summed E-state index contributed by atoms with van der Waals surface area (Å²) in [6.45, 7) is 4.12. The van der Waals surface area contributed by atoms with Crippen molar-refractivity contribution in [1.82, 2.24) is 4.48 Å². The molecule has 4 aliphatic heterocycles. The molecule has 322 valence electrons. The van der Waals surface area contributed by atoms with Gasteiger partial charge in [0.05, 0.1) is 45.8 Å². The number of benzene rings is 4. The number of ether oxygens (including phenoxy) is 2. The summed E-state index contributed by atoms with van der Waals surface area (Å²) in [5, 5.41) is 1.84. The summed E-state index contributed by atoms with van der Waals surface area (Å²) < 4.78 is 50.5. The van der Waals surface area contributed by atoms with Crippen LogP contribution in [0.15, 0.2) is 171 Å². The first-order valence-electron chi connectivity index (χ1n) is 21.5. The average molecular weight is 891 g/mol. The third-order valence-electron chi connectivity index (χ3n) is 11.4. The maximum Gasteiger partial charge on any atom is 0.737 e. The highest BCUT2D eigenvalue weighted by Gasteiger charge is 2.58. The van der Waals surface area contributed by atoms with Gasteiger partial charge in [-0.1, -0.05) is 121 Å². The number of carbonyl (C=O) groups excluding carboxylic acids is 2. The highest BCUT2D eigenvalue weighted by atomic mass is 32.2. The number of esters is 2. The molecule has 4 aromatic carbocycles. The number of carbonyl (C=O) groups is 2. The average Bonchev–Trinajstić information content (AvgIpc) is 4.05. The molecule has 0 saturated carbocycles. The van der Waals surface area contributed by atoms with Crippen molar-refractivity contribution < 1.29 is 32.2 Å². The Morgan fingerprint density at radius 1 is 0.672 bits per heavy atom. The van der Waals surface area contributed by atoms with Crippen LogP contribution in [0.3, 0.4) is 0 Å². The number of para-hydroxylation sites is 2. The van der Waals surface area contributed by atoms with E-state index in [-0.39, 0.29) is 47.1 Å². The van der Waals surface area contributed by atoms with Gasteiger partial charge in [0, 0.05) is 52.0 Å². The fourth-order valence-corrected chi connectivity index (χ4v) is 11.1. The summed E-state index contributed by atoms with van der Waals surface area (Å²) in [4.78, 5) is 35.1. The maximum absolute atomic E-state index is 18.6. The van der Waals surface area contributed by atoms with Crippen LogP contribution in [0.5, 0.6) is 0 Å². The van der Waals surface area contributed by atoms with Gasteiger partial charge in [-0.3, -0.25) is 0 Å². The normalized spacial score (nSPS) is 17.4. The topological polar surface area (TPSA) is 67.0 Å². The molecule has 64 heavy (non-hydrogen) atoms. The minimum absolute atomic E-state index is 0.0159. The van der Waals surface area contributed by atoms with E-state index in [1.807, 2.05) is 72.8 Å². The van der Waals surface area contributed by atoms with E-state index in [1.165, 1.54) is 0 Å². The number of thioether (sulfide) groups is 2. The van der Waals surface area contributed by atoms with Crippen molar-refractivity contribution in [3.8, 4) is 11.1 Å². The summed E-state index contributed by atoms with van der Waals surface area (Å²) in [6, 6.07) is 34.3. The molecule has 0 bridgehead atoms. The molecular formula is C51H45BF2N4O4S2. The largest absolute Gasteiger partial charge is 0.737 e. The van der Waals surface area contributed by atoms with Crippen LogP contribution in [-0.2, 0) is 14.3 Å². The molecule has 0 atom stereocenters. The van der Waals surface area contributed by atoms with Gasteiger partial charge in [-0.25, -0.2) is 9.59 Å². The molecule has 9 rings (SSSR count). The lowest BCUT2D eigenvalue weighted by Crippen LogP contribution is -2.51. The van der Waals surface area contributed by atoms with Gasteiger partial charge < -0.3 is 36.9 Å². The minimum atomic E-state index is -4.86. The van der Waals surface area contributed by atoms with Crippen LogP contribution in [0.25, 0.3) is 28.9 Å². The van der Waals surface area contributed by atoms with Crippen molar-refractivity contribution in [3.05, 3.63) is 183 Å². The molecule has 4 aliphatic rings. The number of anilines is 2. The van der Waals surface area contributed by atoms with E-state index in [0.717, 1.165) is 40.2 Å². The molecule has 0 aliphatic carbocycles. The van der Waals surface area contributed by atoms with E-state index in [0.29, 0.717) is 35.4 Å². The molecule has 0 spiro atoms. The van der Waals surface area contributed by atoms with Gasteiger partial charge in [-0.2, -0.15) is 0 Å². The second kappa shape index (κ2) is 17.9. The lowest BCUT2D eigenvalue weighted by Gasteiger charge is -2.31. The molecule has 0 amide bonds. The monoisotopic (exact) mass is 890 g/mol. The predicted octanol–water partition coefficient (Wildman–Crippen LogP) is 11.9. The Bertz CT molecular complexity index is 2920. The van der Waals surface area contributed by atoms with Crippen LogP contribution in [0.2, 0.25) is 0 Å². The first-order chi connectivity index (χ1) is 31.2. The molecule has 13 heteroatoms. The van der Waals surface area contributed by atoms with Crippen LogP contribution in [0.4, 0.5) is 20.0 Å². The number of fused-ring (bicyclic) bond motifs is 4. The van der Waals surface area contributed by atoms with Crippen molar-refractivity contribution >= 4 is 77.2 Å². The highest BCUT2D eigenvalue weighted by Crippen LogP contribution is 2.49. The van der Waals surface area contributed by atoms with E-state index in [4.69, 9.17) is 9.47 Å². The molecule has 5 aromatic rings. The van der Waals surface area contributed by atoms with Crippen LogP contribution >= 0.6 is 23.5 Å². The van der Waals surface area contributed by atoms with Crippen molar-refractivity contribution in [2.45, 2.75) is 37.5 Å². The zero-order valence-corrected chi connectivity index (χ0v) is 37.5. The van der Waals surface area contributed by atoms with Gasteiger partial charge in [0.2, 0.25) is 0 Å². The number of allylic oxidation sites excluding steroid dienone is 6. The Labute approximate surface area is 380 Å². The van der Waals surface area contributed by atoms with E-state index >= 15 is 8.63 Å². The third kappa shape index (κ3) is 7.36. The zero-order valence-electron chi connectivity index (χ0n) is 35.8. The van der Waals surface area contributed by atoms with E-state index < -0.39 is 18.9 Å². The van der Waals surface area contributed by atoms with Gasteiger partial charge in [0.15, 0.2) is 11.4 Å². The summed E-state index contributed by atoms with van der Waals surface area (Å²) in [5.41, 5.74) is 4.06. The van der Waals surface area contributed by atoms with Gasteiger partial charge in [0.25, 0.3) is 0 Å². The van der Waals surface area contributed by atoms with E-state index in [1.54, 1.807) is 92.0 Å². The minimum Gasteiger partial charge on any atom is -0.462 e. The molecule has 0 N–H and O–H groups in total. The third-order valence-corrected chi connectivity index (χ3v) is 13.7. The first kappa shape index (κ1) is 42.7. The molecule has 0 unspecified atom stereocenters. The van der Waals surface area contributed by atoms with Crippen molar-refractivity contribution in [2.75, 3.05) is 36.1 Å². The van der Waals surface area contributed by atoms with Crippen LogP contribution < -0.4 is 9.80 Å². The summed E-state index contributed by atoms with van der Waals surface area (Å²) >= 11 is 3.18. The molecule has 0 radical (unpaired) electrons. The predicted molar refractivity (Wildman–Crippen MR) is 257 cm³/mol. The van der Waals surface area contributed by atoms with Gasteiger partial charge in [-0.05, 0) is 81.3 Å². The fraction of sp³-hybridized carbons (Fsp3) is 0.157. The Morgan fingerprint density at radius 2 is 1.19 bits per heavy atom. The number of aromatic nitrogens is 1. The molecule has 0 saturated heterocycles.